The smallest absolute Gasteiger partial charge is 0.384 e. The first-order valence-corrected chi connectivity index (χ1v) is 6.70. The molecule has 6 heteroatoms. The molecule has 20 heavy (non-hydrogen) atoms. The number of benzene rings is 1. The van der Waals surface area contributed by atoms with E-state index in [2.05, 4.69) is 5.32 Å². The van der Waals surface area contributed by atoms with Crippen LogP contribution in [0.15, 0.2) is 18.2 Å². The summed E-state index contributed by atoms with van der Waals surface area (Å²) in [6.07, 6.45) is 0.283. The normalized spacial score (nSPS) is 17.3. The number of ether oxygens (including phenoxy) is 2. The van der Waals surface area contributed by atoms with Gasteiger partial charge in [-0.15, -0.1) is 0 Å². The Balaban J connectivity index is 1.65. The SMILES string of the molecule is O=C(OC(=O)N1CCOCC1)c1ccc2c(c1)CCN2. The van der Waals surface area contributed by atoms with Crippen molar-refractivity contribution in [3.8, 4) is 0 Å². The lowest BCUT2D eigenvalue weighted by atomic mass is 10.1. The molecule has 2 aliphatic heterocycles. The van der Waals surface area contributed by atoms with Crippen LogP contribution < -0.4 is 5.32 Å². The van der Waals surface area contributed by atoms with E-state index >= 15 is 0 Å². The van der Waals surface area contributed by atoms with Crippen LogP contribution in [0, 0.1) is 0 Å². The zero-order chi connectivity index (χ0) is 13.9. The molecule has 0 spiro atoms. The summed E-state index contributed by atoms with van der Waals surface area (Å²) in [5.74, 6) is -0.601. The highest BCUT2D eigenvalue weighted by atomic mass is 16.6. The molecule has 106 valence electrons. The minimum atomic E-state index is -0.601. The van der Waals surface area contributed by atoms with Crippen molar-refractivity contribution >= 4 is 17.7 Å². The summed E-state index contributed by atoms with van der Waals surface area (Å²) in [6.45, 7) is 2.75. The van der Waals surface area contributed by atoms with Gasteiger partial charge in [0.1, 0.15) is 0 Å². The second-order valence-corrected chi connectivity index (χ2v) is 4.80. The Bertz CT molecular complexity index is 538. The summed E-state index contributed by atoms with van der Waals surface area (Å²) >= 11 is 0. The van der Waals surface area contributed by atoms with Gasteiger partial charge < -0.3 is 19.7 Å². The Labute approximate surface area is 116 Å². The summed E-state index contributed by atoms with van der Waals surface area (Å²) in [5.41, 5.74) is 2.54. The van der Waals surface area contributed by atoms with Gasteiger partial charge in [-0.1, -0.05) is 0 Å². The third kappa shape index (κ3) is 2.60. The van der Waals surface area contributed by atoms with Crippen LogP contribution in [0.3, 0.4) is 0 Å². The van der Waals surface area contributed by atoms with Crippen LogP contribution in [-0.2, 0) is 15.9 Å². The third-order valence-electron chi connectivity index (χ3n) is 3.50. The quantitative estimate of drug-likeness (QED) is 0.618. The maximum Gasteiger partial charge on any atom is 0.417 e. The Kier molecular flexibility index (Phi) is 3.56. The second kappa shape index (κ2) is 5.50. The third-order valence-corrected chi connectivity index (χ3v) is 3.50. The summed E-state index contributed by atoms with van der Waals surface area (Å²) in [7, 11) is 0. The van der Waals surface area contributed by atoms with Gasteiger partial charge in [0.25, 0.3) is 0 Å². The van der Waals surface area contributed by atoms with Crippen molar-refractivity contribution in [2.75, 3.05) is 38.2 Å². The van der Waals surface area contributed by atoms with Gasteiger partial charge in [0.2, 0.25) is 0 Å². The van der Waals surface area contributed by atoms with E-state index in [-0.39, 0.29) is 0 Å². The highest BCUT2D eigenvalue weighted by Gasteiger charge is 2.22. The topological polar surface area (TPSA) is 67.9 Å². The van der Waals surface area contributed by atoms with E-state index in [9.17, 15) is 9.59 Å². The molecule has 6 nitrogen and oxygen atoms in total. The predicted molar refractivity (Wildman–Crippen MR) is 71.8 cm³/mol. The first kappa shape index (κ1) is 12.9. The number of carbonyl (C=O) groups excluding carboxylic acids is 2. The van der Waals surface area contributed by atoms with E-state index in [4.69, 9.17) is 9.47 Å². The molecule has 1 saturated heterocycles. The fraction of sp³-hybridized carbons (Fsp3) is 0.429. The van der Waals surface area contributed by atoms with E-state index < -0.39 is 12.1 Å². The minimum Gasteiger partial charge on any atom is -0.384 e. The number of rotatable bonds is 1. The molecule has 1 N–H and O–H groups in total. The standard InChI is InChI=1S/C14H16N2O4/c17-13(20-14(18)16-5-7-19-8-6-16)11-1-2-12-10(9-11)3-4-15-12/h1-2,9,15H,3-8H2. The van der Waals surface area contributed by atoms with Crippen molar-refractivity contribution in [2.45, 2.75) is 6.42 Å². The van der Waals surface area contributed by atoms with Crippen molar-refractivity contribution in [3.63, 3.8) is 0 Å². The zero-order valence-corrected chi connectivity index (χ0v) is 11.1. The van der Waals surface area contributed by atoms with Crippen LogP contribution in [0.1, 0.15) is 15.9 Å². The number of hydrogen-bond donors (Lipinski definition) is 1. The number of carbonyl (C=O) groups is 2. The fourth-order valence-electron chi connectivity index (χ4n) is 2.38. The van der Waals surface area contributed by atoms with E-state index in [0.717, 1.165) is 24.2 Å². The zero-order valence-electron chi connectivity index (χ0n) is 11.1. The first-order chi connectivity index (χ1) is 9.74. The average Bonchev–Trinajstić information content (AvgIpc) is 2.95. The number of esters is 1. The molecule has 2 aliphatic rings. The molecule has 1 fully saturated rings. The molecular formula is C14H16N2O4. The molecule has 0 atom stereocenters. The summed E-state index contributed by atoms with van der Waals surface area (Å²) in [6, 6.07) is 5.30. The Morgan fingerprint density at radius 3 is 2.85 bits per heavy atom. The van der Waals surface area contributed by atoms with Crippen LogP contribution in [-0.4, -0.2) is 49.8 Å². The van der Waals surface area contributed by atoms with Crippen molar-refractivity contribution in [2.24, 2.45) is 0 Å². The van der Waals surface area contributed by atoms with Gasteiger partial charge >= 0.3 is 12.1 Å². The van der Waals surface area contributed by atoms with Gasteiger partial charge in [-0.05, 0) is 30.2 Å². The highest BCUT2D eigenvalue weighted by Crippen LogP contribution is 2.23. The Morgan fingerprint density at radius 2 is 2.05 bits per heavy atom. The lowest BCUT2D eigenvalue weighted by molar-refractivity contribution is 0.0249. The minimum absolute atomic E-state index is 0.411. The van der Waals surface area contributed by atoms with Gasteiger partial charge in [0.15, 0.2) is 0 Å². The Morgan fingerprint density at radius 1 is 1.25 bits per heavy atom. The number of fused-ring (bicyclic) bond motifs is 1. The number of morpholine rings is 1. The number of nitrogens with zero attached hydrogens (tertiary/aromatic N) is 1. The maximum absolute atomic E-state index is 12.0. The van der Waals surface area contributed by atoms with Crippen LogP contribution in [0.5, 0.6) is 0 Å². The van der Waals surface area contributed by atoms with Crippen LogP contribution >= 0.6 is 0 Å². The molecule has 0 aliphatic carbocycles. The molecular weight excluding hydrogens is 260 g/mol. The largest absolute Gasteiger partial charge is 0.417 e. The summed E-state index contributed by atoms with van der Waals surface area (Å²) < 4.78 is 10.1. The molecule has 1 aromatic rings. The molecule has 0 saturated carbocycles. The first-order valence-electron chi connectivity index (χ1n) is 6.70. The molecule has 0 unspecified atom stereocenters. The van der Waals surface area contributed by atoms with Crippen LogP contribution in [0.25, 0.3) is 0 Å². The van der Waals surface area contributed by atoms with E-state index in [1.54, 1.807) is 12.1 Å². The summed E-state index contributed by atoms with van der Waals surface area (Å²) in [4.78, 5) is 25.3. The van der Waals surface area contributed by atoms with Gasteiger partial charge in [0, 0.05) is 25.3 Å². The van der Waals surface area contributed by atoms with E-state index in [0.29, 0.717) is 31.9 Å². The molecule has 0 bridgehead atoms. The van der Waals surface area contributed by atoms with Crippen molar-refractivity contribution in [1.29, 1.82) is 0 Å². The fourth-order valence-corrected chi connectivity index (χ4v) is 2.38. The van der Waals surface area contributed by atoms with Crippen molar-refractivity contribution in [3.05, 3.63) is 29.3 Å². The van der Waals surface area contributed by atoms with Crippen molar-refractivity contribution < 1.29 is 19.1 Å². The maximum atomic E-state index is 12.0. The number of nitrogens with one attached hydrogen (secondary N) is 1. The Hall–Kier alpha value is -2.08. The van der Waals surface area contributed by atoms with Gasteiger partial charge in [-0.25, -0.2) is 9.59 Å². The second-order valence-electron chi connectivity index (χ2n) is 4.80. The van der Waals surface area contributed by atoms with Crippen molar-refractivity contribution in [1.82, 2.24) is 4.90 Å². The van der Waals surface area contributed by atoms with Gasteiger partial charge in [-0.2, -0.15) is 0 Å². The summed E-state index contributed by atoms with van der Waals surface area (Å²) in [5, 5.41) is 3.22. The van der Waals surface area contributed by atoms with E-state index in [1.165, 1.54) is 4.90 Å². The number of anilines is 1. The lowest BCUT2D eigenvalue weighted by Gasteiger charge is -2.25. The molecule has 2 heterocycles. The number of hydrogen-bond acceptors (Lipinski definition) is 5. The number of amides is 1. The molecule has 0 radical (unpaired) electrons. The average molecular weight is 276 g/mol. The van der Waals surface area contributed by atoms with Gasteiger partial charge in [0.05, 0.1) is 18.8 Å². The molecule has 1 aromatic carbocycles. The van der Waals surface area contributed by atoms with Crippen LogP contribution in [0.2, 0.25) is 0 Å². The van der Waals surface area contributed by atoms with E-state index in [1.807, 2.05) is 6.07 Å². The predicted octanol–water partition coefficient (Wildman–Crippen LogP) is 1.26. The van der Waals surface area contributed by atoms with Gasteiger partial charge in [-0.3, -0.25) is 0 Å². The molecule has 0 aromatic heterocycles. The lowest BCUT2D eigenvalue weighted by Crippen LogP contribution is -2.41. The van der Waals surface area contributed by atoms with Crippen LogP contribution in [0.4, 0.5) is 10.5 Å². The molecule has 3 rings (SSSR count). The highest BCUT2D eigenvalue weighted by molar-refractivity contribution is 5.97. The molecule has 1 amide bonds. The monoisotopic (exact) mass is 276 g/mol.